The fraction of sp³-hybridized carbons (Fsp3) is 0.600. The molecular formula is C15H23BrO. The van der Waals surface area contributed by atoms with Gasteiger partial charge in [0.15, 0.2) is 0 Å². The molecule has 0 aromatic heterocycles. The summed E-state index contributed by atoms with van der Waals surface area (Å²) in [5.74, 6) is 0. The lowest BCUT2D eigenvalue weighted by Gasteiger charge is -2.25. The molecule has 0 fully saturated rings. The van der Waals surface area contributed by atoms with Crippen LogP contribution in [0.15, 0.2) is 30.3 Å². The van der Waals surface area contributed by atoms with Crippen LogP contribution in [0.2, 0.25) is 0 Å². The molecule has 1 atom stereocenters. The molecule has 2 heteroatoms. The third-order valence-corrected chi connectivity index (χ3v) is 4.63. The Morgan fingerprint density at radius 3 is 2.41 bits per heavy atom. The SMILES string of the molecule is CC(C)(C)C(Br)CCCOCc1ccccc1. The van der Waals surface area contributed by atoms with Gasteiger partial charge in [-0.05, 0) is 23.8 Å². The molecule has 0 saturated carbocycles. The van der Waals surface area contributed by atoms with Crippen LogP contribution in [-0.4, -0.2) is 11.4 Å². The first-order valence-electron chi connectivity index (χ1n) is 6.26. The molecule has 1 nitrogen and oxygen atoms in total. The van der Waals surface area contributed by atoms with Gasteiger partial charge >= 0.3 is 0 Å². The molecule has 0 aliphatic rings. The molecule has 1 rings (SSSR count). The Balaban J connectivity index is 2.09. The standard InChI is InChI=1S/C15H23BrO/c1-15(2,3)14(16)10-7-11-17-12-13-8-5-4-6-9-13/h4-6,8-9,14H,7,10-12H2,1-3H3. The lowest BCUT2D eigenvalue weighted by Crippen LogP contribution is -2.20. The number of ether oxygens (including phenoxy) is 1. The average molecular weight is 299 g/mol. The number of alkyl halides is 1. The lowest BCUT2D eigenvalue weighted by molar-refractivity contribution is 0.115. The summed E-state index contributed by atoms with van der Waals surface area (Å²) >= 11 is 3.74. The van der Waals surface area contributed by atoms with Gasteiger partial charge in [0, 0.05) is 11.4 Å². The van der Waals surface area contributed by atoms with Crippen molar-refractivity contribution in [2.24, 2.45) is 5.41 Å². The number of hydrogen-bond acceptors (Lipinski definition) is 1. The van der Waals surface area contributed by atoms with Gasteiger partial charge in [-0.2, -0.15) is 0 Å². The predicted molar refractivity (Wildman–Crippen MR) is 77.5 cm³/mol. The molecule has 0 heterocycles. The van der Waals surface area contributed by atoms with Crippen LogP contribution in [0.25, 0.3) is 0 Å². The molecule has 17 heavy (non-hydrogen) atoms. The molecule has 0 saturated heterocycles. The summed E-state index contributed by atoms with van der Waals surface area (Å²) in [6.45, 7) is 8.35. The van der Waals surface area contributed by atoms with Crippen molar-refractivity contribution in [2.75, 3.05) is 6.61 Å². The van der Waals surface area contributed by atoms with Crippen LogP contribution in [0.3, 0.4) is 0 Å². The van der Waals surface area contributed by atoms with E-state index in [0.717, 1.165) is 26.1 Å². The molecule has 1 unspecified atom stereocenters. The Kier molecular flexibility index (Phi) is 6.21. The summed E-state index contributed by atoms with van der Waals surface area (Å²) in [5, 5.41) is 0. The van der Waals surface area contributed by atoms with Gasteiger partial charge in [0.1, 0.15) is 0 Å². The van der Waals surface area contributed by atoms with E-state index in [9.17, 15) is 0 Å². The average Bonchev–Trinajstić information content (AvgIpc) is 2.28. The number of hydrogen-bond donors (Lipinski definition) is 0. The van der Waals surface area contributed by atoms with E-state index in [4.69, 9.17) is 4.74 Å². The van der Waals surface area contributed by atoms with Gasteiger partial charge in [0.05, 0.1) is 6.61 Å². The first-order chi connectivity index (χ1) is 8.00. The largest absolute Gasteiger partial charge is 0.377 e. The molecular weight excluding hydrogens is 276 g/mol. The van der Waals surface area contributed by atoms with Crippen LogP contribution in [0, 0.1) is 5.41 Å². The summed E-state index contributed by atoms with van der Waals surface area (Å²) in [6, 6.07) is 10.3. The molecule has 0 amide bonds. The van der Waals surface area contributed by atoms with Crippen LogP contribution in [0.5, 0.6) is 0 Å². The zero-order chi connectivity index (χ0) is 12.7. The number of rotatable bonds is 6. The maximum Gasteiger partial charge on any atom is 0.0716 e. The minimum absolute atomic E-state index is 0.333. The van der Waals surface area contributed by atoms with Crippen LogP contribution in [-0.2, 0) is 11.3 Å². The van der Waals surface area contributed by atoms with Crippen molar-refractivity contribution < 1.29 is 4.74 Å². The van der Waals surface area contributed by atoms with Gasteiger partial charge in [-0.25, -0.2) is 0 Å². The van der Waals surface area contributed by atoms with Gasteiger partial charge in [0.25, 0.3) is 0 Å². The van der Waals surface area contributed by atoms with E-state index in [-0.39, 0.29) is 0 Å². The molecule has 1 aromatic rings. The van der Waals surface area contributed by atoms with Crippen molar-refractivity contribution in [1.29, 1.82) is 0 Å². The Bertz CT molecular complexity index is 302. The van der Waals surface area contributed by atoms with Crippen LogP contribution < -0.4 is 0 Å². The molecule has 96 valence electrons. The summed E-state index contributed by atoms with van der Waals surface area (Å²) < 4.78 is 5.66. The third kappa shape index (κ3) is 6.23. The molecule has 0 N–H and O–H groups in total. The minimum atomic E-state index is 0.333. The Morgan fingerprint density at radius 2 is 1.82 bits per heavy atom. The fourth-order valence-corrected chi connectivity index (χ4v) is 1.89. The topological polar surface area (TPSA) is 9.23 Å². The van der Waals surface area contributed by atoms with Crippen LogP contribution in [0.1, 0.15) is 39.2 Å². The third-order valence-electron chi connectivity index (χ3n) is 2.80. The van der Waals surface area contributed by atoms with Crippen LogP contribution >= 0.6 is 15.9 Å². The molecule has 0 radical (unpaired) electrons. The summed E-state index contributed by atoms with van der Waals surface area (Å²) in [7, 11) is 0. The quantitative estimate of drug-likeness (QED) is 0.542. The summed E-state index contributed by atoms with van der Waals surface area (Å²) in [5.41, 5.74) is 1.58. The molecule has 0 aliphatic heterocycles. The Labute approximate surface area is 114 Å². The van der Waals surface area contributed by atoms with E-state index in [1.165, 1.54) is 5.56 Å². The van der Waals surface area contributed by atoms with Gasteiger partial charge in [-0.15, -0.1) is 0 Å². The molecule has 0 aliphatic carbocycles. The second-order valence-electron chi connectivity index (χ2n) is 5.51. The van der Waals surface area contributed by atoms with Crippen LogP contribution in [0.4, 0.5) is 0 Å². The van der Waals surface area contributed by atoms with Crippen molar-refractivity contribution >= 4 is 15.9 Å². The zero-order valence-corrected chi connectivity index (χ0v) is 12.7. The molecule has 0 bridgehead atoms. The first kappa shape index (κ1) is 14.7. The van der Waals surface area contributed by atoms with E-state index in [0.29, 0.717) is 10.2 Å². The van der Waals surface area contributed by atoms with Crippen molar-refractivity contribution in [1.82, 2.24) is 0 Å². The highest BCUT2D eigenvalue weighted by atomic mass is 79.9. The van der Waals surface area contributed by atoms with Gasteiger partial charge < -0.3 is 4.74 Å². The highest BCUT2D eigenvalue weighted by molar-refractivity contribution is 9.09. The summed E-state index contributed by atoms with van der Waals surface area (Å²) in [4.78, 5) is 0.565. The Hall–Kier alpha value is -0.340. The van der Waals surface area contributed by atoms with Gasteiger partial charge in [-0.3, -0.25) is 0 Å². The number of benzene rings is 1. The van der Waals surface area contributed by atoms with Crippen molar-refractivity contribution in [2.45, 2.75) is 45.0 Å². The van der Waals surface area contributed by atoms with Crippen molar-refractivity contribution in [3.8, 4) is 0 Å². The van der Waals surface area contributed by atoms with Crippen molar-refractivity contribution in [3.05, 3.63) is 35.9 Å². The smallest absolute Gasteiger partial charge is 0.0716 e. The predicted octanol–water partition coefficient (Wildman–Crippen LogP) is 4.79. The van der Waals surface area contributed by atoms with Crippen molar-refractivity contribution in [3.63, 3.8) is 0 Å². The van der Waals surface area contributed by atoms with E-state index in [1.807, 2.05) is 18.2 Å². The zero-order valence-electron chi connectivity index (χ0n) is 11.1. The van der Waals surface area contributed by atoms with Gasteiger partial charge in [0.2, 0.25) is 0 Å². The summed E-state index contributed by atoms with van der Waals surface area (Å²) in [6.07, 6.45) is 2.28. The normalized spacial score (nSPS) is 13.6. The maximum absolute atomic E-state index is 5.66. The fourth-order valence-electron chi connectivity index (χ4n) is 1.56. The highest BCUT2D eigenvalue weighted by Crippen LogP contribution is 2.29. The second-order valence-corrected chi connectivity index (χ2v) is 6.62. The monoisotopic (exact) mass is 298 g/mol. The van der Waals surface area contributed by atoms with E-state index >= 15 is 0 Å². The van der Waals surface area contributed by atoms with E-state index < -0.39 is 0 Å². The number of halogens is 1. The Morgan fingerprint density at radius 1 is 1.18 bits per heavy atom. The van der Waals surface area contributed by atoms with E-state index in [2.05, 4.69) is 48.8 Å². The lowest BCUT2D eigenvalue weighted by atomic mass is 9.90. The maximum atomic E-state index is 5.66. The van der Waals surface area contributed by atoms with E-state index in [1.54, 1.807) is 0 Å². The highest BCUT2D eigenvalue weighted by Gasteiger charge is 2.20. The molecule has 0 spiro atoms. The minimum Gasteiger partial charge on any atom is -0.377 e. The molecule has 1 aromatic carbocycles. The second kappa shape index (κ2) is 7.17. The van der Waals surface area contributed by atoms with Gasteiger partial charge in [-0.1, -0.05) is 67.0 Å². The first-order valence-corrected chi connectivity index (χ1v) is 7.17.